The number of hydrogen-bond acceptors (Lipinski definition) is 1. The molecule has 0 amide bonds. The van der Waals surface area contributed by atoms with Gasteiger partial charge in [-0.1, -0.05) is 41.9 Å². The van der Waals surface area contributed by atoms with E-state index in [-0.39, 0.29) is 21.8 Å². The van der Waals surface area contributed by atoms with E-state index >= 15 is 0 Å². The van der Waals surface area contributed by atoms with Gasteiger partial charge < -0.3 is 5.11 Å². The van der Waals surface area contributed by atoms with E-state index in [0.717, 1.165) is 32.1 Å². The lowest BCUT2D eigenvalue weighted by molar-refractivity contribution is -0.0271. The Kier molecular flexibility index (Phi) is 3.71. The lowest BCUT2D eigenvalue weighted by Crippen LogP contribution is -2.53. The van der Waals surface area contributed by atoms with Crippen LogP contribution in [0, 0.1) is 10.8 Å². The molecule has 104 valence electrons. The third-order valence-corrected chi connectivity index (χ3v) is 7.47. The molecular formula is C15H24BrClO. The maximum Gasteiger partial charge on any atom is 0.0582 e. The molecular weight excluding hydrogens is 312 g/mol. The Balaban J connectivity index is 2.33. The molecule has 2 aliphatic carbocycles. The van der Waals surface area contributed by atoms with Crippen LogP contribution in [0.4, 0.5) is 0 Å². The maximum absolute atomic E-state index is 10.00. The number of aliphatic hydroxyl groups excluding tert-OH is 1. The summed E-state index contributed by atoms with van der Waals surface area (Å²) in [6.45, 7) is 11.0. The van der Waals surface area contributed by atoms with Gasteiger partial charge in [-0.15, -0.1) is 11.6 Å². The van der Waals surface area contributed by atoms with Gasteiger partial charge in [0.2, 0.25) is 0 Å². The molecule has 4 atom stereocenters. The molecule has 1 N–H and O–H groups in total. The largest absolute Gasteiger partial charge is 0.393 e. The molecule has 2 fully saturated rings. The second-order valence-corrected chi connectivity index (χ2v) is 9.05. The summed E-state index contributed by atoms with van der Waals surface area (Å²) in [4.78, 5) is 0.157. The Morgan fingerprint density at radius 3 is 2.39 bits per heavy atom. The topological polar surface area (TPSA) is 20.2 Å². The van der Waals surface area contributed by atoms with E-state index in [2.05, 4.69) is 43.3 Å². The molecule has 18 heavy (non-hydrogen) atoms. The minimum absolute atomic E-state index is 0.0984. The summed E-state index contributed by atoms with van der Waals surface area (Å²) in [7, 11) is 0. The van der Waals surface area contributed by atoms with Gasteiger partial charge in [0.1, 0.15) is 0 Å². The highest BCUT2D eigenvalue weighted by Gasteiger charge is 2.56. The fraction of sp³-hybridized carbons (Fsp3) is 0.867. The van der Waals surface area contributed by atoms with E-state index in [1.165, 1.54) is 5.57 Å². The van der Waals surface area contributed by atoms with E-state index in [4.69, 9.17) is 11.6 Å². The van der Waals surface area contributed by atoms with Crippen molar-refractivity contribution in [2.75, 3.05) is 0 Å². The summed E-state index contributed by atoms with van der Waals surface area (Å²) in [5.41, 5.74) is 1.46. The van der Waals surface area contributed by atoms with Crippen molar-refractivity contribution in [3.63, 3.8) is 0 Å². The first-order valence-electron chi connectivity index (χ1n) is 6.80. The Morgan fingerprint density at radius 2 is 1.89 bits per heavy atom. The molecule has 0 bridgehead atoms. The molecule has 0 aromatic rings. The van der Waals surface area contributed by atoms with Gasteiger partial charge in [0.15, 0.2) is 0 Å². The molecule has 1 spiro atoms. The van der Waals surface area contributed by atoms with E-state index in [1.807, 2.05) is 0 Å². The molecule has 1 nitrogen and oxygen atoms in total. The normalized spacial score (nSPS) is 48.4. The van der Waals surface area contributed by atoms with Crippen LogP contribution in [-0.2, 0) is 0 Å². The Labute approximate surface area is 124 Å². The molecule has 3 heteroatoms. The third-order valence-electron chi connectivity index (χ3n) is 5.42. The number of hydrogen-bond donors (Lipinski definition) is 1. The van der Waals surface area contributed by atoms with Crippen LogP contribution in [0.5, 0.6) is 0 Å². The van der Waals surface area contributed by atoms with Crippen molar-refractivity contribution in [2.45, 2.75) is 68.7 Å². The van der Waals surface area contributed by atoms with Crippen LogP contribution in [0.1, 0.15) is 52.9 Å². The standard InChI is InChI=1S/C15H24BrClO/c1-10-7-11(18)8-13(2,3)15(10)6-5-14(4,17)12(16)9-15/h11-12,18H,1,5-9H2,2-4H3/t11-,12-,14-,15-/m0/s1. The predicted molar refractivity (Wildman–Crippen MR) is 81.4 cm³/mol. The highest BCUT2D eigenvalue weighted by molar-refractivity contribution is 9.09. The van der Waals surface area contributed by atoms with Crippen LogP contribution in [0.25, 0.3) is 0 Å². The zero-order chi connectivity index (χ0) is 13.8. The van der Waals surface area contributed by atoms with Gasteiger partial charge in [0, 0.05) is 4.83 Å². The Hall–Kier alpha value is 0.470. The van der Waals surface area contributed by atoms with Crippen molar-refractivity contribution in [2.24, 2.45) is 10.8 Å². The van der Waals surface area contributed by atoms with Crippen LogP contribution < -0.4 is 0 Å². The Morgan fingerprint density at radius 1 is 1.28 bits per heavy atom. The molecule has 2 rings (SSSR count). The Bertz CT molecular complexity index is 364. The third kappa shape index (κ3) is 2.19. The highest BCUT2D eigenvalue weighted by atomic mass is 79.9. The zero-order valence-corrected chi connectivity index (χ0v) is 13.9. The van der Waals surface area contributed by atoms with Crippen molar-refractivity contribution in [3.8, 4) is 0 Å². The van der Waals surface area contributed by atoms with E-state index < -0.39 is 0 Å². The molecule has 2 saturated carbocycles. The molecule has 0 radical (unpaired) electrons. The lowest BCUT2D eigenvalue weighted by Gasteiger charge is -2.58. The quantitative estimate of drug-likeness (QED) is 0.504. The summed E-state index contributed by atoms with van der Waals surface area (Å²) in [6.07, 6.45) is 4.52. The van der Waals surface area contributed by atoms with Gasteiger partial charge in [-0.25, -0.2) is 0 Å². The van der Waals surface area contributed by atoms with Crippen LogP contribution >= 0.6 is 27.5 Å². The average Bonchev–Trinajstić information content (AvgIpc) is 2.19. The SMILES string of the molecule is C=C1C[C@H](O)CC(C)(C)[C@]12CC[C@](C)(Cl)[C@@H](Br)C2. The fourth-order valence-corrected chi connectivity index (χ4v) is 4.94. The molecule has 0 aromatic heterocycles. The zero-order valence-electron chi connectivity index (χ0n) is 11.6. The van der Waals surface area contributed by atoms with Gasteiger partial charge in [-0.05, 0) is 49.9 Å². The van der Waals surface area contributed by atoms with E-state index in [1.54, 1.807) is 0 Å². The van der Waals surface area contributed by atoms with E-state index in [9.17, 15) is 5.11 Å². The summed E-state index contributed by atoms with van der Waals surface area (Å²) in [5.74, 6) is 0. The molecule has 2 aliphatic rings. The number of halogens is 2. The monoisotopic (exact) mass is 334 g/mol. The van der Waals surface area contributed by atoms with Crippen molar-refractivity contribution in [1.82, 2.24) is 0 Å². The number of alkyl halides is 2. The van der Waals surface area contributed by atoms with Gasteiger partial charge >= 0.3 is 0 Å². The fourth-order valence-electron chi connectivity index (χ4n) is 3.99. The minimum atomic E-state index is -0.226. The molecule has 0 aromatic carbocycles. The van der Waals surface area contributed by atoms with Crippen LogP contribution in [0.15, 0.2) is 12.2 Å². The van der Waals surface area contributed by atoms with Crippen molar-refractivity contribution in [1.29, 1.82) is 0 Å². The molecule has 0 unspecified atom stereocenters. The summed E-state index contributed by atoms with van der Waals surface area (Å²) in [5, 5.41) is 10.00. The first kappa shape index (κ1) is 14.9. The van der Waals surface area contributed by atoms with Crippen molar-refractivity contribution in [3.05, 3.63) is 12.2 Å². The van der Waals surface area contributed by atoms with Crippen molar-refractivity contribution >= 4 is 27.5 Å². The van der Waals surface area contributed by atoms with Crippen LogP contribution in [0.2, 0.25) is 0 Å². The molecule has 0 heterocycles. The first-order chi connectivity index (χ1) is 8.11. The first-order valence-corrected chi connectivity index (χ1v) is 8.09. The van der Waals surface area contributed by atoms with Gasteiger partial charge in [0.25, 0.3) is 0 Å². The molecule has 0 saturated heterocycles. The smallest absolute Gasteiger partial charge is 0.0582 e. The van der Waals surface area contributed by atoms with Crippen LogP contribution in [-0.4, -0.2) is 20.9 Å². The minimum Gasteiger partial charge on any atom is -0.393 e. The van der Waals surface area contributed by atoms with Gasteiger partial charge in [0.05, 0.1) is 11.0 Å². The highest BCUT2D eigenvalue weighted by Crippen LogP contribution is 2.62. The summed E-state index contributed by atoms with van der Waals surface area (Å²) < 4.78 is 0. The number of rotatable bonds is 0. The van der Waals surface area contributed by atoms with E-state index in [0.29, 0.717) is 4.83 Å². The predicted octanol–water partition coefficient (Wildman–Crippen LogP) is 4.65. The second kappa shape index (κ2) is 4.49. The summed E-state index contributed by atoms with van der Waals surface area (Å²) in [6, 6.07) is 0. The molecule has 0 aliphatic heterocycles. The van der Waals surface area contributed by atoms with Crippen LogP contribution in [0.3, 0.4) is 0 Å². The lowest BCUT2D eigenvalue weighted by atomic mass is 9.49. The van der Waals surface area contributed by atoms with Crippen molar-refractivity contribution < 1.29 is 5.11 Å². The summed E-state index contributed by atoms with van der Waals surface area (Å²) >= 11 is 10.3. The average molecular weight is 336 g/mol. The van der Waals surface area contributed by atoms with Gasteiger partial charge in [-0.2, -0.15) is 0 Å². The maximum atomic E-state index is 10.00. The van der Waals surface area contributed by atoms with Gasteiger partial charge in [-0.3, -0.25) is 0 Å². The number of aliphatic hydroxyl groups is 1. The second-order valence-electron chi connectivity index (χ2n) is 7.08.